The Morgan fingerprint density at radius 3 is 2.60 bits per heavy atom. The lowest BCUT2D eigenvalue weighted by atomic mass is 10.2. The summed E-state index contributed by atoms with van der Waals surface area (Å²) >= 11 is 0. The van der Waals surface area contributed by atoms with Crippen LogP contribution >= 0.6 is 0 Å². The Morgan fingerprint density at radius 1 is 1.03 bits per heavy atom. The Labute approximate surface area is 175 Å². The van der Waals surface area contributed by atoms with Gasteiger partial charge in [0.25, 0.3) is 0 Å². The molecule has 1 unspecified atom stereocenters. The van der Waals surface area contributed by atoms with E-state index in [2.05, 4.69) is 38.0 Å². The summed E-state index contributed by atoms with van der Waals surface area (Å²) in [5.41, 5.74) is 2.51. The third-order valence-corrected chi connectivity index (χ3v) is 5.76. The van der Waals surface area contributed by atoms with Crippen LogP contribution in [0.15, 0.2) is 60.8 Å². The minimum absolute atomic E-state index is 0.265. The summed E-state index contributed by atoms with van der Waals surface area (Å²) in [5, 5.41) is 10.1. The number of anilines is 4. The van der Waals surface area contributed by atoms with Crippen LogP contribution in [0.25, 0.3) is 0 Å². The third-order valence-electron chi connectivity index (χ3n) is 5.76. The first-order valence-electron chi connectivity index (χ1n) is 10.5. The van der Waals surface area contributed by atoms with Gasteiger partial charge in [0.15, 0.2) is 12.1 Å². The van der Waals surface area contributed by atoms with Crippen molar-refractivity contribution in [1.29, 1.82) is 0 Å². The van der Waals surface area contributed by atoms with Gasteiger partial charge in [0.2, 0.25) is 5.95 Å². The molecule has 0 saturated heterocycles. The number of nitrogens with one attached hydrogen (secondary N) is 3. The lowest BCUT2D eigenvalue weighted by Gasteiger charge is -2.32. The Hall–Kier alpha value is -3.35. The van der Waals surface area contributed by atoms with E-state index in [9.17, 15) is 4.39 Å². The average Bonchev–Trinajstić information content (AvgIpc) is 3.41. The largest absolute Gasteiger partial charge is 0.350 e. The number of halogens is 1. The van der Waals surface area contributed by atoms with Crippen molar-refractivity contribution in [3.63, 3.8) is 0 Å². The number of hydrogen-bond acceptors (Lipinski definition) is 6. The molecule has 0 spiro atoms. The van der Waals surface area contributed by atoms with Crippen molar-refractivity contribution in [3.8, 4) is 0 Å². The van der Waals surface area contributed by atoms with E-state index in [1.807, 2.05) is 24.3 Å². The first-order valence-corrected chi connectivity index (χ1v) is 10.5. The van der Waals surface area contributed by atoms with Crippen LogP contribution in [0.4, 0.5) is 27.5 Å². The van der Waals surface area contributed by atoms with Crippen LogP contribution in [0, 0.1) is 5.82 Å². The van der Waals surface area contributed by atoms with Crippen molar-refractivity contribution in [2.75, 3.05) is 20.9 Å². The second kappa shape index (κ2) is 8.18. The molecule has 1 aliphatic heterocycles. The second-order valence-electron chi connectivity index (χ2n) is 7.79. The van der Waals surface area contributed by atoms with E-state index in [0.717, 1.165) is 24.3 Å². The summed E-state index contributed by atoms with van der Waals surface area (Å²) in [6, 6.07) is 17.3. The number of aromatic nitrogens is 2. The van der Waals surface area contributed by atoms with E-state index in [-0.39, 0.29) is 12.1 Å². The summed E-state index contributed by atoms with van der Waals surface area (Å²) in [6.07, 6.45) is 6.15. The van der Waals surface area contributed by atoms with Crippen LogP contribution in [0.3, 0.4) is 0 Å². The van der Waals surface area contributed by atoms with Crippen LogP contribution in [-0.4, -0.2) is 22.3 Å². The van der Waals surface area contributed by atoms with Gasteiger partial charge in [-0.15, -0.1) is 0 Å². The fourth-order valence-corrected chi connectivity index (χ4v) is 4.27. The van der Waals surface area contributed by atoms with Crippen LogP contribution in [0.2, 0.25) is 0 Å². The van der Waals surface area contributed by atoms with E-state index >= 15 is 0 Å². The highest BCUT2D eigenvalue weighted by atomic mass is 19.1. The molecule has 6 nitrogen and oxygen atoms in total. The number of fused-ring (bicyclic) bond motifs is 1. The highest BCUT2D eigenvalue weighted by molar-refractivity contribution is 5.74. The summed E-state index contributed by atoms with van der Waals surface area (Å²) < 4.78 is 14.3. The van der Waals surface area contributed by atoms with Crippen LogP contribution < -0.4 is 20.9 Å². The summed E-state index contributed by atoms with van der Waals surface area (Å²) in [5.74, 6) is 1.19. The second-order valence-corrected chi connectivity index (χ2v) is 7.79. The zero-order valence-corrected chi connectivity index (χ0v) is 16.7. The van der Waals surface area contributed by atoms with E-state index in [4.69, 9.17) is 4.98 Å². The van der Waals surface area contributed by atoms with Gasteiger partial charge in [-0.05, 0) is 30.5 Å². The van der Waals surface area contributed by atoms with Crippen LogP contribution in [0.1, 0.15) is 31.2 Å². The number of nitrogens with zero attached hydrogens (tertiary/aromatic N) is 3. The van der Waals surface area contributed by atoms with E-state index in [1.165, 1.54) is 24.5 Å². The van der Waals surface area contributed by atoms with Crippen molar-refractivity contribution in [2.45, 2.75) is 44.6 Å². The van der Waals surface area contributed by atoms with Gasteiger partial charge in [-0.1, -0.05) is 55.3 Å². The molecule has 1 aliphatic carbocycles. The van der Waals surface area contributed by atoms with Crippen molar-refractivity contribution in [1.82, 2.24) is 9.97 Å². The summed E-state index contributed by atoms with van der Waals surface area (Å²) in [6.45, 7) is 0.660. The van der Waals surface area contributed by atoms with Gasteiger partial charge in [-0.25, -0.2) is 9.37 Å². The zero-order valence-electron chi connectivity index (χ0n) is 16.7. The maximum atomic E-state index is 14.3. The SMILES string of the molecule is Fc1ccccc1NC1Nc2cnc(NCc3ccccc3)nc2N1C1CCCC1. The maximum Gasteiger partial charge on any atom is 0.225 e. The highest BCUT2D eigenvalue weighted by Crippen LogP contribution is 2.39. The molecule has 1 aromatic heterocycles. The summed E-state index contributed by atoms with van der Waals surface area (Å²) in [7, 11) is 0. The van der Waals surface area contributed by atoms with E-state index in [0.29, 0.717) is 24.2 Å². The van der Waals surface area contributed by atoms with Crippen molar-refractivity contribution in [3.05, 3.63) is 72.2 Å². The molecule has 154 valence electrons. The monoisotopic (exact) mass is 404 g/mol. The molecule has 2 aromatic carbocycles. The molecule has 0 bridgehead atoms. The minimum Gasteiger partial charge on any atom is -0.350 e. The molecule has 2 aliphatic rings. The predicted molar refractivity (Wildman–Crippen MR) is 118 cm³/mol. The van der Waals surface area contributed by atoms with Gasteiger partial charge in [0.1, 0.15) is 5.82 Å². The molecule has 0 amide bonds. The summed E-state index contributed by atoms with van der Waals surface area (Å²) in [4.78, 5) is 11.5. The van der Waals surface area contributed by atoms with Gasteiger partial charge in [0.05, 0.1) is 17.6 Å². The molecule has 3 N–H and O–H groups in total. The predicted octanol–water partition coefficient (Wildman–Crippen LogP) is 4.80. The normalized spacial score (nSPS) is 18.2. The molecule has 1 atom stereocenters. The number of para-hydroxylation sites is 1. The highest BCUT2D eigenvalue weighted by Gasteiger charge is 2.37. The molecule has 0 radical (unpaired) electrons. The number of rotatable bonds is 6. The topological polar surface area (TPSA) is 65.1 Å². The fraction of sp³-hybridized carbons (Fsp3) is 0.304. The van der Waals surface area contributed by atoms with Gasteiger partial charge in [-0.3, -0.25) is 0 Å². The Kier molecular flexibility index (Phi) is 5.09. The first-order chi connectivity index (χ1) is 14.8. The third kappa shape index (κ3) is 3.75. The molecule has 1 fully saturated rings. The number of benzene rings is 2. The van der Waals surface area contributed by atoms with Gasteiger partial charge < -0.3 is 20.9 Å². The number of hydrogen-bond donors (Lipinski definition) is 3. The fourth-order valence-electron chi connectivity index (χ4n) is 4.27. The Bertz CT molecular complexity index is 1010. The lowest BCUT2D eigenvalue weighted by Crippen LogP contribution is -2.47. The van der Waals surface area contributed by atoms with Gasteiger partial charge >= 0.3 is 0 Å². The maximum absolute atomic E-state index is 14.3. The lowest BCUT2D eigenvalue weighted by molar-refractivity contribution is 0.571. The Balaban J connectivity index is 1.39. The molecular formula is C23H25FN6. The zero-order chi connectivity index (χ0) is 20.3. The quantitative estimate of drug-likeness (QED) is 0.549. The molecular weight excluding hydrogens is 379 g/mol. The smallest absolute Gasteiger partial charge is 0.225 e. The molecule has 30 heavy (non-hydrogen) atoms. The van der Waals surface area contributed by atoms with Crippen molar-refractivity contribution in [2.24, 2.45) is 0 Å². The van der Waals surface area contributed by atoms with E-state index in [1.54, 1.807) is 18.3 Å². The average molecular weight is 404 g/mol. The van der Waals surface area contributed by atoms with Gasteiger partial charge in [0, 0.05) is 12.6 Å². The van der Waals surface area contributed by atoms with Crippen molar-refractivity contribution >= 4 is 23.1 Å². The first kappa shape index (κ1) is 18.7. The minimum atomic E-state index is -0.266. The standard InChI is InChI=1S/C23H25FN6/c24-18-12-6-7-13-19(18)27-23-28-20-15-26-22(25-14-16-8-2-1-3-9-16)29-21(20)30(23)17-10-4-5-11-17/h1-3,6-9,12-13,15,17,23,27-28H,4-5,10-11,14H2,(H,25,26,29). The molecule has 3 aromatic rings. The molecule has 2 heterocycles. The van der Waals surface area contributed by atoms with Crippen LogP contribution in [0.5, 0.6) is 0 Å². The van der Waals surface area contributed by atoms with Gasteiger partial charge in [-0.2, -0.15) is 4.98 Å². The van der Waals surface area contributed by atoms with Crippen LogP contribution in [-0.2, 0) is 6.54 Å². The molecule has 1 saturated carbocycles. The van der Waals surface area contributed by atoms with Crippen molar-refractivity contribution < 1.29 is 4.39 Å². The Morgan fingerprint density at radius 2 is 1.80 bits per heavy atom. The molecule has 7 heteroatoms. The van der Waals surface area contributed by atoms with E-state index < -0.39 is 0 Å². The molecule has 5 rings (SSSR count).